The van der Waals surface area contributed by atoms with Gasteiger partial charge in [0.15, 0.2) is 5.43 Å². The van der Waals surface area contributed by atoms with Crippen LogP contribution in [0, 0.1) is 13.8 Å². The van der Waals surface area contributed by atoms with E-state index < -0.39 is 6.04 Å². The van der Waals surface area contributed by atoms with Gasteiger partial charge in [-0.15, -0.1) is 0 Å². The van der Waals surface area contributed by atoms with Crippen molar-refractivity contribution in [2.24, 2.45) is 0 Å². The molecule has 5 nitrogen and oxygen atoms in total. The Morgan fingerprint density at radius 2 is 1.96 bits per heavy atom. The maximum atomic E-state index is 13.5. The summed E-state index contributed by atoms with van der Waals surface area (Å²) in [5.41, 5.74) is 3.40. The van der Waals surface area contributed by atoms with Crippen molar-refractivity contribution in [3.8, 4) is 0 Å². The lowest BCUT2D eigenvalue weighted by Crippen LogP contribution is -2.32. The highest BCUT2D eigenvalue weighted by molar-refractivity contribution is 9.10. The van der Waals surface area contributed by atoms with Crippen molar-refractivity contribution in [3.63, 3.8) is 0 Å². The molecule has 144 valence electrons. The summed E-state index contributed by atoms with van der Waals surface area (Å²) in [5, 5.41) is 0.533. The molecule has 0 spiro atoms. The maximum Gasteiger partial charge on any atom is 0.290 e. The number of rotatable bonds is 4. The highest BCUT2D eigenvalue weighted by atomic mass is 79.9. The number of benzene rings is 2. The third-order valence-electron chi connectivity index (χ3n) is 5.11. The highest BCUT2D eigenvalue weighted by Gasteiger charge is 2.42. The number of methoxy groups -OCH3 is 1. The van der Waals surface area contributed by atoms with Crippen LogP contribution in [0.3, 0.4) is 0 Å². The average Bonchev–Trinajstić information content (AvgIpc) is 2.92. The van der Waals surface area contributed by atoms with Crippen molar-refractivity contribution < 1.29 is 13.9 Å². The van der Waals surface area contributed by atoms with Gasteiger partial charge in [-0.2, -0.15) is 0 Å². The number of ether oxygens (including phenoxy) is 1. The van der Waals surface area contributed by atoms with Gasteiger partial charge in [0.05, 0.1) is 23.6 Å². The van der Waals surface area contributed by atoms with E-state index in [0.29, 0.717) is 29.7 Å². The van der Waals surface area contributed by atoms with E-state index in [-0.39, 0.29) is 17.1 Å². The zero-order valence-corrected chi connectivity index (χ0v) is 17.5. The minimum absolute atomic E-state index is 0.128. The largest absolute Gasteiger partial charge is 0.450 e. The monoisotopic (exact) mass is 441 g/mol. The fourth-order valence-electron chi connectivity index (χ4n) is 3.96. The normalized spacial score (nSPS) is 16.1. The van der Waals surface area contributed by atoms with E-state index in [0.717, 1.165) is 21.2 Å². The molecule has 1 aliphatic heterocycles. The van der Waals surface area contributed by atoms with Crippen molar-refractivity contribution in [2.45, 2.75) is 19.9 Å². The van der Waals surface area contributed by atoms with Crippen LogP contribution in [-0.2, 0) is 4.74 Å². The van der Waals surface area contributed by atoms with Crippen molar-refractivity contribution in [2.75, 3.05) is 20.3 Å². The third-order valence-corrected chi connectivity index (χ3v) is 5.61. The molecule has 0 saturated carbocycles. The van der Waals surface area contributed by atoms with Crippen LogP contribution in [0.1, 0.15) is 38.9 Å². The number of fused-ring (bicyclic) bond motifs is 2. The van der Waals surface area contributed by atoms with Crippen LogP contribution in [0.15, 0.2) is 50.1 Å². The zero-order valence-electron chi connectivity index (χ0n) is 15.9. The van der Waals surface area contributed by atoms with Gasteiger partial charge < -0.3 is 14.1 Å². The molecule has 0 N–H and O–H groups in total. The van der Waals surface area contributed by atoms with Gasteiger partial charge in [0.2, 0.25) is 5.76 Å². The maximum absolute atomic E-state index is 13.5. The van der Waals surface area contributed by atoms with Crippen molar-refractivity contribution in [3.05, 3.63) is 79.1 Å². The van der Waals surface area contributed by atoms with Crippen LogP contribution in [0.4, 0.5) is 0 Å². The van der Waals surface area contributed by atoms with Crippen LogP contribution >= 0.6 is 15.9 Å². The predicted octanol–water partition coefficient (Wildman–Crippen LogP) is 4.36. The molecule has 2 heterocycles. The van der Waals surface area contributed by atoms with Crippen LogP contribution in [0.2, 0.25) is 0 Å². The Hall–Kier alpha value is -2.44. The smallest absolute Gasteiger partial charge is 0.290 e. The Kier molecular flexibility index (Phi) is 4.85. The molecule has 0 fully saturated rings. The third kappa shape index (κ3) is 2.97. The first-order valence-electron chi connectivity index (χ1n) is 9.05. The van der Waals surface area contributed by atoms with E-state index in [1.165, 1.54) is 0 Å². The fourth-order valence-corrected chi connectivity index (χ4v) is 4.37. The summed E-state index contributed by atoms with van der Waals surface area (Å²) in [6, 6.07) is 10.9. The van der Waals surface area contributed by atoms with Crippen LogP contribution in [0.25, 0.3) is 11.0 Å². The lowest BCUT2D eigenvalue weighted by molar-refractivity contribution is 0.0663. The van der Waals surface area contributed by atoms with E-state index >= 15 is 0 Å². The van der Waals surface area contributed by atoms with Gasteiger partial charge in [0.25, 0.3) is 5.91 Å². The van der Waals surface area contributed by atoms with Gasteiger partial charge in [-0.25, -0.2) is 0 Å². The number of carbonyl (C=O) groups is 1. The van der Waals surface area contributed by atoms with E-state index in [1.807, 2.05) is 50.2 Å². The number of carbonyl (C=O) groups excluding carboxylic acids is 1. The predicted molar refractivity (Wildman–Crippen MR) is 111 cm³/mol. The van der Waals surface area contributed by atoms with E-state index in [9.17, 15) is 9.59 Å². The Balaban J connectivity index is 2.01. The Bertz CT molecular complexity index is 1150. The SMILES string of the molecule is COCCN1C(=O)c2oc3cc(C)cc(C)c3c(=O)c2C1c1cccc(Br)c1. The van der Waals surface area contributed by atoms with Gasteiger partial charge in [-0.05, 0) is 48.7 Å². The first kappa shape index (κ1) is 18.9. The molecule has 0 bridgehead atoms. The van der Waals surface area contributed by atoms with Gasteiger partial charge in [-0.3, -0.25) is 9.59 Å². The zero-order chi connectivity index (χ0) is 20.0. The van der Waals surface area contributed by atoms with E-state index in [1.54, 1.807) is 12.0 Å². The van der Waals surface area contributed by atoms with E-state index in [4.69, 9.17) is 9.15 Å². The molecule has 1 unspecified atom stereocenters. The Labute approximate surface area is 171 Å². The second kappa shape index (κ2) is 7.18. The summed E-state index contributed by atoms with van der Waals surface area (Å²) in [6.45, 7) is 4.57. The fraction of sp³-hybridized carbons (Fsp3) is 0.273. The number of hydrogen-bond donors (Lipinski definition) is 0. The van der Waals surface area contributed by atoms with Gasteiger partial charge in [0.1, 0.15) is 5.58 Å². The van der Waals surface area contributed by atoms with Crippen LogP contribution in [0.5, 0.6) is 0 Å². The molecule has 3 aromatic rings. The molecule has 4 rings (SSSR count). The Morgan fingerprint density at radius 1 is 1.18 bits per heavy atom. The minimum Gasteiger partial charge on any atom is -0.450 e. The van der Waals surface area contributed by atoms with Gasteiger partial charge in [-0.1, -0.05) is 34.1 Å². The molecule has 1 aromatic heterocycles. The molecule has 6 heteroatoms. The molecular weight excluding hydrogens is 422 g/mol. The minimum atomic E-state index is -0.503. The molecule has 28 heavy (non-hydrogen) atoms. The average molecular weight is 442 g/mol. The standard InChI is InChI=1S/C22H20BrNO4/c1-12-9-13(2)17-16(10-12)28-21-18(20(17)25)19(14-5-4-6-15(23)11-14)24(22(21)26)7-8-27-3/h4-6,9-11,19H,7-8H2,1-3H3. The number of hydrogen-bond acceptors (Lipinski definition) is 4. The summed E-state index contributed by atoms with van der Waals surface area (Å²) in [5.74, 6) is -0.154. The lowest BCUT2D eigenvalue weighted by Gasteiger charge is -2.25. The molecular formula is C22H20BrNO4. The topological polar surface area (TPSA) is 59.8 Å². The second-order valence-corrected chi connectivity index (χ2v) is 7.99. The number of aryl methyl sites for hydroxylation is 2. The molecule has 0 aliphatic carbocycles. The first-order chi connectivity index (χ1) is 13.4. The molecule has 1 atom stereocenters. The molecule has 0 radical (unpaired) electrons. The van der Waals surface area contributed by atoms with Crippen molar-refractivity contribution >= 4 is 32.8 Å². The molecule has 1 amide bonds. The van der Waals surface area contributed by atoms with Crippen molar-refractivity contribution in [1.29, 1.82) is 0 Å². The van der Waals surface area contributed by atoms with E-state index in [2.05, 4.69) is 15.9 Å². The van der Waals surface area contributed by atoms with Gasteiger partial charge >= 0.3 is 0 Å². The molecule has 2 aromatic carbocycles. The first-order valence-corrected chi connectivity index (χ1v) is 9.85. The van der Waals surface area contributed by atoms with Crippen LogP contribution < -0.4 is 5.43 Å². The Morgan fingerprint density at radius 3 is 2.68 bits per heavy atom. The quantitative estimate of drug-likeness (QED) is 0.603. The molecule has 1 aliphatic rings. The van der Waals surface area contributed by atoms with Crippen molar-refractivity contribution in [1.82, 2.24) is 4.90 Å². The number of amides is 1. The summed E-state index contributed by atoms with van der Waals surface area (Å²) in [4.78, 5) is 28.3. The second-order valence-electron chi connectivity index (χ2n) is 7.08. The number of nitrogens with zero attached hydrogens (tertiary/aromatic N) is 1. The summed E-state index contributed by atoms with van der Waals surface area (Å²) < 4.78 is 12.1. The summed E-state index contributed by atoms with van der Waals surface area (Å²) >= 11 is 3.49. The van der Waals surface area contributed by atoms with Crippen LogP contribution in [-0.4, -0.2) is 31.1 Å². The summed E-state index contributed by atoms with van der Waals surface area (Å²) in [7, 11) is 1.59. The van der Waals surface area contributed by atoms with Gasteiger partial charge in [0, 0.05) is 18.1 Å². The summed E-state index contributed by atoms with van der Waals surface area (Å²) in [6.07, 6.45) is 0. The highest BCUT2D eigenvalue weighted by Crippen LogP contribution is 2.39. The lowest BCUT2D eigenvalue weighted by atomic mass is 9.97. The molecule has 0 saturated heterocycles. The number of halogens is 1.